The molecule has 47 nitrogen and oxygen atoms in total. The third-order valence-corrected chi connectivity index (χ3v) is 30.3. The average Bonchev–Trinajstić information content (AvgIpc) is 1.53. The normalized spacial score (nSPS) is 39.8. The number of carbonyl (C=O) groups is 1. The van der Waals surface area contributed by atoms with E-state index in [2.05, 4.69) is 76.2 Å². The Balaban J connectivity index is 0.000000325. The van der Waals surface area contributed by atoms with Crippen LogP contribution in [0.4, 0.5) is 0 Å². The first-order chi connectivity index (χ1) is 45.4. The van der Waals surface area contributed by atoms with Gasteiger partial charge in [0.05, 0.1) is 99.9 Å². The van der Waals surface area contributed by atoms with Crippen LogP contribution in [0, 0.1) is 0 Å². The number of para-hydroxylation sites is 1. The van der Waals surface area contributed by atoms with Crippen LogP contribution in [0.3, 0.4) is 0 Å². The van der Waals surface area contributed by atoms with Crippen molar-refractivity contribution in [3.63, 3.8) is 0 Å². The van der Waals surface area contributed by atoms with Gasteiger partial charge in [-0.2, -0.15) is 4.52 Å². The van der Waals surface area contributed by atoms with E-state index in [0.717, 1.165) is 0 Å². The van der Waals surface area contributed by atoms with Crippen molar-refractivity contribution in [3.8, 4) is 5.75 Å². The van der Waals surface area contributed by atoms with Gasteiger partial charge >= 0.3 is 70.4 Å². The second-order valence-electron chi connectivity index (χ2n) is 18.2. The van der Waals surface area contributed by atoms with E-state index >= 15 is 0 Å². The van der Waals surface area contributed by atoms with Crippen LogP contribution in [0.15, 0.2) is 49.8 Å². The van der Waals surface area contributed by atoms with Crippen LogP contribution in [0.25, 0.3) is 52.2 Å². The molecule has 0 aliphatic carbocycles. The molecule has 0 aromatic heterocycles. The molecular formula is C35H58N15O32P10Y2-. The van der Waals surface area contributed by atoms with Gasteiger partial charge in [0.1, 0.15) is 25.5 Å². The number of nitrogens with zero attached hydrogens (tertiary/aromatic N) is 15. The van der Waals surface area contributed by atoms with Crippen molar-refractivity contribution >= 4 is 85.6 Å². The Bertz CT molecular complexity index is 3320. The van der Waals surface area contributed by atoms with Crippen molar-refractivity contribution in [3.05, 3.63) is 82.0 Å². The fraction of sp³-hybridized carbons (Fsp3) is 0.800. The van der Waals surface area contributed by atoms with Gasteiger partial charge < -0.3 is 90.3 Å². The van der Waals surface area contributed by atoms with E-state index in [9.17, 15) is 66.1 Å². The van der Waals surface area contributed by atoms with Crippen molar-refractivity contribution in [2.75, 3.05) is 83.7 Å². The van der Waals surface area contributed by atoms with Crippen LogP contribution >= 0.6 is 79.6 Å². The molecule has 9 rings (SSSR count). The molecule has 522 valence electrons. The van der Waals surface area contributed by atoms with Crippen LogP contribution in [0.5, 0.6) is 5.75 Å². The fourth-order valence-electron chi connectivity index (χ4n) is 7.38. The summed E-state index contributed by atoms with van der Waals surface area (Å²) in [6, 6.07) is 3.83. The van der Waals surface area contributed by atoms with Crippen molar-refractivity contribution in [2.24, 2.45) is 25.6 Å². The third kappa shape index (κ3) is 32.1. The number of carbonyl (C=O) groups excluding carboxylic acids is 1. The summed E-state index contributed by atoms with van der Waals surface area (Å²) in [5.74, 6) is -3.81. The van der Waals surface area contributed by atoms with E-state index in [1.165, 1.54) is 0 Å². The number of hydrogen-bond donors (Lipinski definition) is 6. The van der Waals surface area contributed by atoms with E-state index in [-0.39, 0.29) is 117 Å². The van der Waals surface area contributed by atoms with E-state index in [4.69, 9.17) is 90.8 Å². The fourth-order valence-corrected chi connectivity index (χ4v) is 24.4. The Kier molecular flexibility index (Phi) is 35.8. The Morgan fingerprint density at radius 1 is 0.628 bits per heavy atom. The quantitative estimate of drug-likeness (QED) is 0.0289. The second kappa shape index (κ2) is 42.6. The van der Waals surface area contributed by atoms with Gasteiger partial charge in [0.25, 0.3) is 0 Å². The average molecular weight is 1700 g/mol. The molecule has 1 aromatic rings. The Labute approximate surface area is 592 Å². The summed E-state index contributed by atoms with van der Waals surface area (Å²) in [5.41, 5.74) is 42.1. The summed E-state index contributed by atoms with van der Waals surface area (Å²) in [5, 5.41) is 25.9. The molecule has 0 bridgehead atoms. The summed E-state index contributed by atoms with van der Waals surface area (Å²) in [7, 11) is -38.2. The molecule has 23 atom stereocenters. The first-order valence-corrected chi connectivity index (χ1v) is 40.4. The number of aliphatic hydroxyl groups is 1. The van der Waals surface area contributed by atoms with Crippen LogP contribution in [-0.2, 0) is 165 Å². The van der Waals surface area contributed by atoms with Crippen LogP contribution in [0.1, 0.15) is 49.3 Å². The number of azide groups is 5. The molecule has 94 heavy (non-hydrogen) atoms. The Hall–Kier alpha value is -0.732. The predicted octanol–water partition coefficient (Wildman–Crippen LogP) is 7.20. The smallest absolute Gasteiger partial charge is 0.465 e. The van der Waals surface area contributed by atoms with Gasteiger partial charge in [0.2, 0.25) is 0 Å². The van der Waals surface area contributed by atoms with Gasteiger partial charge in [-0.3, -0.25) is 31.7 Å². The zero-order chi connectivity index (χ0) is 72.1. The Morgan fingerprint density at radius 3 is 1.44 bits per heavy atom. The molecule has 7 fully saturated rings. The van der Waals surface area contributed by atoms with Crippen LogP contribution in [0.2, 0.25) is 0 Å². The molecule has 59 heteroatoms. The standard InChI is InChI=1S/C12H12N3O5P.C6H14N3O9P3.2C6H12N3O8P3.C5H9N3O2.2Y/c13-15-14-9-5-6-17-11(9)7-18-21-19-10-4-2-1-3-8(10)12(16)20-21;7-9-8-5-1-2-16-6(5)3-17-19(10)18-21(14,15)4-20(11,12)13;2*7-9-8-5-1-2-14-6(5)3-15-18-16-19(10,11)4-20(12,13)17-18;6-8-7-4-1-2-10-5(4)3-9;;/h1-4,9,11H,5-7H2;5-6,19H,1-4H2,(H,14,15)(H2,11,12,13);5-6H,1-4H2,(H,10,11)(H,12,13);5-6,18H,1-4H2,(H-,10,11,12,13);4-5,9H,1-3H2;;/p-1/t9-,11-,21?;3*5-,6-;4-,5-;;/m11111../s1/i6T;4*2T;;/t6-,9+,11+,21?;3*2-,5+,6+;2-,4+,5+;;/m00000... The van der Waals surface area contributed by atoms with Gasteiger partial charge in [-0.1, -0.05) is 46.3 Å². The third-order valence-electron chi connectivity index (χ3n) is 11.3. The minimum absolute atomic E-state index is 0. The largest absolute Gasteiger partial charge is 0.778 e. The monoisotopic (exact) mass is 1700 g/mol. The zero-order valence-electron chi connectivity index (χ0n) is 52.4. The van der Waals surface area contributed by atoms with Gasteiger partial charge in [-0.15, -0.1) is 0 Å². The topological polar surface area (TPSA) is 696 Å². The molecule has 8 heterocycles. The van der Waals surface area contributed by atoms with Gasteiger partial charge in [-0.25, -0.2) is 13.4 Å². The number of rotatable bonds is 22. The minimum atomic E-state index is -5.14. The van der Waals surface area contributed by atoms with E-state index < -0.39 is 198 Å². The SMILES string of the molecule is [3H][C@H]1C[C@@H](N=[N+]=[N-])[C@@H](CO)O1.[3H][C@H]1C[C@@H](N=[N+]=[N-])[C@@H](COP2OC(=O)c3ccccc3O2)O1.[3H][C@H]1C[C@@H](N=[N+]=[N-])[C@@H](COP2OP(=O)(O)CP(=O)(O)O2)O1.[3H][C@H]1C[C@@H](N=[N+]=[N-])[C@@H](CO[PH+]2OP(=O)(O)CP(=O)(O)O2)O1.[3H][C@H]1C[C@@H](N=[N+]=[N-])[C@@H](CO[PH](=O)OP(=O)([O-])CP(=O)([O-])O)O1.[Y].[Y]. The summed E-state index contributed by atoms with van der Waals surface area (Å²) >= 11 is 0. The number of benzene rings is 1. The van der Waals surface area contributed by atoms with Crippen molar-refractivity contribution < 1.29 is 221 Å². The Morgan fingerprint density at radius 2 is 1.01 bits per heavy atom. The summed E-state index contributed by atoms with van der Waals surface area (Å²) < 4.78 is 194. The number of ether oxygens (including phenoxy) is 5. The molecule has 0 spiro atoms. The number of aliphatic hydroxyl groups excluding tert-OH is 1. The van der Waals surface area contributed by atoms with Crippen LogP contribution < -0.4 is 14.3 Å². The second-order valence-corrected chi connectivity index (χ2v) is 36.1. The first-order valence-electron chi connectivity index (χ1n) is 28.1. The van der Waals surface area contributed by atoms with Crippen molar-refractivity contribution in [1.29, 1.82) is 0 Å². The molecule has 8 aliphatic rings. The first kappa shape index (κ1) is 79.0. The summed E-state index contributed by atoms with van der Waals surface area (Å²) in [6.07, 6.45) is -2.37. The van der Waals surface area contributed by atoms with Crippen LogP contribution in [-0.4, -0.2) is 180 Å². The molecule has 0 amide bonds. The maximum atomic E-state index is 11.8. The molecule has 6 N–H and O–H groups in total. The molecule has 2 radical (unpaired) electrons. The van der Waals surface area contributed by atoms with Gasteiger partial charge in [0.15, 0.2) is 19.4 Å². The number of hydrogen-bond acceptors (Lipinski definition) is 32. The van der Waals surface area contributed by atoms with Gasteiger partial charge in [-0.05, 0) is 71.9 Å². The molecular weight excluding hydrogens is 1630 g/mol. The molecule has 7 saturated heterocycles. The molecule has 1 aromatic carbocycles. The summed E-state index contributed by atoms with van der Waals surface area (Å²) in [6.45, 7) is -5.35. The molecule has 8 aliphatic heterocycles. The minimum Gasteiger partial charge on any atom is -0.778 e. The van der Waals surface area contributed by atoms with E-state index in [1.807, 2.05) is 0 Å². The van der Waals surface area contributed by atoms with E-state index in [0.29, 0.717) is 24.2 Å². The van der Waals surface area contributed by atoms with Crippen molar-refractivity contribution in [1.82, 2.24) is 0 Å². The zero-order valence-corrected chi connectivity index (χ0v) is 62.2. The predicted molar refractivity (Wildman–Crippen MR) is 308 cm³/mol. The van der Waals surface area contributed by atoms with E-state index in [1.54, 1.807) is 24.3 Å². The number of fused-ring (bicyclic) bond motifs is 1. The molecule has 0 saturated carbocycles. The maximum absolute atomic E-state index is 11.8. The van der Waals surface area contributed by atoms with Crippen molar-refractivity contribution in [2.45, 2.75) is 92.8 Å². The summed E-state index contributed by atoms with van der Waals surface area (Å²) in [4.78, 5) is 92.1. The molecule has 8 unspecified atom stereocenters. The van der Waals surface area contributed by atoms with Gasteiger partial charge in [0, 0.05) is 123 Å². The maximum Gasteiger partial charge on any atom is 0.465 e.